The molecule has 9 heteroatoms. The summed E-state index contributed by atoms with van der Waals surface area (Å²) < 4.78 is 33.5. The molecule has 0 spiro atoms. The first-order valence-corrected chi connectivity index (χ1v) is 17.2. The van der Waals surface area contributed by atoms with Gasteiger partial charge in [0, 0.05) is 13.5 Å². The number of phosphoric acid groups is 1. The average Bonchev–Trinajstić information content (AvgIpc) is 2.85. The van der Waals surface area contributed by atoms with E-state index in [2.05, 4.69) is 28.1 Å². The van der Waals surface area contributed by atoms with E-state index >= 15 is 0 Å². The summed E-state index contributed by atoms with van der Waals surface area (Å²) >= 11 is 0. The second kappa shape index (κ2) is 25.2. The van der Waals surface area contributed by atoms with Crippen LogP contribution in [0.4, 0.5) is 0 Å². The SMILES string of the molecule is CCCCCCCCCCCCCCCCCCOCC(COP(=O)([O-])OCCCC[N+](C)(C)C)OC(C)=O. The van der Waals surface area contributed by atoms with Gasteiger partial charge in [0.05, 0.1) is 47.5 Å². The average molecular weight is 580 g/mol. The van der Waals surface area contributed by atoms with E-state index in [-0.39, 0.29) is 19.8 Å². The molecular formula is C30H62NO7P. The fourth-order valence-corrected chi connectivity index (χ4v) is 5.17. The van der Waals surface area contributed by atoms with Crippen molar-refractivity contribution in [2.45, 2.75) is 136 Å². The van der Waals surface area contributed by atoms with Crippen molar-refractivity contribution in [3.8, 4) is 0 Å². The summed E-state index contributed by atoms with van der Waals surface area (Å²) in [6, 6.07) is 0. The van der Waals surface area contributed by atoms with Crippen LogP contribution in [0.3, 0.4) is 0 Å². The highest BCUT2D eigenvalue weighted by Crippen LogP contribution is 2.38. The fraction of sp³-hybridized carbons (Fsp3) is 0.967. The van der Waals surface area contributed by atoms with Crippen molar-refractivity contribution in [2.75, 3.05) is 54.1 Å². The van der Waals surface area contributed by atoms with Crippen LogP contribution in [0.25, 0.3) is 0 Å². The molecule has 234 valence electrons. The van der Waals surface area contributed by atoms with Crippen LogP contribution < -0.4 is 4.89 Å². The Labute approximate surface area is 240 Å². The first kappa shape index (κ1) is 38.5. The number of rotatable bonds is 29. The lowest BCUT2D eigenvalue weighted by molar-refractivity contribution is -0.870. The van der Waals surface area contributed by atoms with E-state index in [1.165, 1.54) is 96.8 Å². The third-order valence-electron chi connectivity index (χ3n) is 6.67. The number of quaternary nitrogens is 1. The lowest BCUT2D eigenvalue weighted by Crippen LogP contribution is -2.35. The van der Waals surface area contributed by atoms with Gasteiger partial charge in [0.1, 0.15) is 6.10 Å². The number of hydrogen-bond acceptors (Lipinski definition) is 7. The van der Waals surface area contributed by atoms with Crippen molar-refractivity contribution in [3.63, 3.8) is 0 Å². The van der Waals surface area contributed by atoms with Gasteiger partial charge < -0.3 is 27.9 Å². The molecule has 0 saturated carbocycles. The van der Waals surface area contributed by atoms with Crippen LogP contribution in [0.15, 0.2) is 0 Å². The topological polar surface area (TPSA) is 94.1 Å². The molecule has 0 N–H and O–H groups in total. The van der Waals surface area contributed by atoms with Gasteiger partial charge in [-0.1, -0.05) is 103 Å². The zero-order valence-corrected chi connectivity index (χ0v) is 27.0. The Morgan fingerprint density at radius 2 is 1.15 bits per heavy atom. The van der Waals surface area contributed by atoms with Gasteiger partial charge in [-0.05, 0) is 19.3 Å². The second-order valence-corrected chi connectivity index (χ2v) is 13.3. The summed E-state index contributed by atoms with van der Waals surface area (Å²) in [4.78, 5) is 23.4. The van der Waals surface area contributed by atoms with E-state index in [0.29, 0.717) is 13.0 Å². The summed E-state index contributed by atoms with van der Waals surface area (Å²) in [6.45, 7) is 4.90. The van der Waals surface area contributed by atoms with Crippen molar-refractivity contribution in [1.82, 2.24) is 0 Å². The monoisotopic (exact) mass is 579 g/mol. The molecule has 0 aliphatic rings. The van der Waals surface area contributed by atoms with Crippen LogP contribution in [0.5, 0.6) is 0 Å². The zero-order chi connectivity index (χ0) is 29.2. The van der Waals surface area contributed by atoms with E-state index in [1.54, 1.807) is 0 Å². The van der Waals surface area contributed by atoms with Crippen molar-refractivity contribution in [2.24, 2.45) is 0 Å². The molecule has 0 aromatic rings. The second-order valence-electron chi connectivity index (χ2n) is 11.9. The largest absolute Gasteiger partial charge is 0.756 e. The summed E-state index contributed by atoms with van der Waals surface area (Å²) in [5.41, 5.74) is 0. The first-order valence-electron chi connectivity index (χ1n) is 15.7. The van der Waals surface area contributed by atoms with Gasteiger partial charge in [0.2, 0.25) is 0 Å². The van der Waals surface area contributed by atoms with E-state index < -0.39 is 19.9 Å². The summed E-state index contributed by atoms with van der Waals surface area (Å²) in [5, 5.41) is 0. The smallest absolute Gasteiger partial charge is 0.303 e. The molecule has 0 aliphatic carbocycles. The summed E-state index contributed by atoms with van der Waals surface area (Å²) in [5.74, 6) is -0.503. The van der Waals surface area contributed by atoms with Crippen LogP contribution >= 0.6 is 7.82 Å². The Bertz CT molecular complexity index is 613. The maximum absolute atomic E-state index is 12.0. The third kappa shape index (κ3) is 30.3. The lowest BCUT2D eigenvalue weighted by Gasteiger charge is -2.26. The highest BCUT2D eigenvalue weighted by atomic mass is 31.2. The molecule has 0 rings (SSSR count). The van der Waals surface area contributed by atoms with E-state index in [4.69, 9.17) is 18.5 Å². The number of hydrogen-bond donors (Lipinski definition) is 0. The standard InChI is InChI=1S/C30H62NO7P/c1-6-7-8-9-10-11-12-13-14-15-16-17-18-19-20-22-25-35-27-30(38-29(2)32)28-37-39(33,34)36-26-23-21-24-31(3,4)5/h30H,6-28H2,1-5H3. The molecule has 0 bridgehead atoms. The molecule has 39 heavy (non-hydrogen) atoms. The Hall–Kier alpha value is -0.500. The molecule has 0 fully saturated rings. The zero-order valence-electron chi connectivity index (χ0n) is 26.1. The Kier molecular flexibility index (Phi) is 24.9. The maximum Gasteiger partial charge on any atom is 0.303 e. The Balaban J connectivity index is 3.73. The van der Waals surface area contributed by atoms with Gasteiger partial charge in [-0.25, -0.2) is 0 Å². The van der Waals surface area contributed by atoms with Crippen LogP contribution in [0.1, 0.15) is 129 Å². The molecule has 2 unspecified atom stereocenters. The number of esters is 1. The molecular weight excluding hydrogens is 517 g/mol. The number of nitrogens with zero attached hydrogens (tertiary/aromatic N) is 1. The minimum atomic E-state index is -4.45. The molecule has 8 nitrogen and oxygen atoms in total. The minimum Gasteiger partial charge on any atom is -0.756 e. The fourth-order valence-electron chi connectivity index (χ4n) is 4.39. The normalized spacial score (nSPS) is 14.3. The van der Waals surface area contributed by atoms with Crippen molar-refractivity contribution in [3.05, 3.63) is 0 Å². The van der Waals surface area contributed by atoms with Crippen LogP contribution in [0, 0.1) is 0 Å². The number of unbranched alkanes of at least 4 members (excludes halogenated alkanes) is 16. The van der Waals surface area contributed by atoms with Crippen molar-refractivity contribution in [1.29, 1.82) is 0 Å². The molecule has 0 aromatic heterocycles. The van der Waals surface area contributed by atoms with Crippen LogP contribution in [-0.4, -0.2) is 70.7 Å². The first-order chi connectivity index (χ1) is 18.6. The lowest BCUT2D eigenvalue weighted by atomic mass is 10.0. The molecule has 0 radical (unpaired) electrons. The number of carbonyl (C=O) groups is 1. The summed E-state index contributed by atoms with van der Waals surface area (Å²) in [6.07, 6.45) is 21.7. The minimum absolute atomic E-state index is 0.0781. The van der Waals surface area contributed by atoms with Gasteiger partial charge in [-0.2, -0.15) is 0 Å². The molecule has 2 atom stereocenters. The van der Waals surface area contributed by atoms with Crippen molar-refractivity contribution >= 4 is 13.8 Å². The molecule has 0 amide bonds. The van der Waals surface area contributed by atoms with Crippen LogP contribution in [0.2, 0.25) is 0 Å². The van der Waals surface area contributed by atoms with Crippen molar-refractivity contribution < 1.29 is 37.3 Å². The van der Waals surface area contributed by atoms with Gasteiger partial charge in [0.25, 0.3) is 7.82 Å². The van der Waals surface area contributed by atoms with Crippen LogP contribution in [-0.2, 0) is 27.9 Å². The Morgan fingerprint density at radius 1 is 0.692 bits per heavy atom. The summed E-state index contributed by atoms with van der Waals surface area (Å²) in [7, 11) is 1.80. The number of phosphoric ester groups is 1. The molecule has 0 aliphatic heterocycles. The highest BCUT2D eigenvalue weighted by Gasteiger charge is 2.18. The van der Waals surface area contributed by atoms with Gasteiger partial charge in [-0.3, -0.25) is 9.36 Å². The number of carbonyl (C=O) groups excluding carboxylic acids is 1. The molecule has 0 aromatic carbocycles. The Morgan fingerprint density at radius 3 is 1.62 bits per heavy atom. The van der Waals surface area contributed by atoms with Gasteiger partial charge in [-0.15, -0.1) is 0 Å². The number of ether oxygens (including phenoxy) is 2. The van der Waals surface area contributed by atoms with Gasteiger partial charge in [0.15, 0.2) is 0 Å². The third-order valence-corrected chi connectivity index (χ3v) is 7.63. The molecule has 0 heterocycles. The van der Waals surface area contributed by atoms with E-state index in [0.717, 1.165) is 30.3 Å². The maximum atomic E-state index is 12.0. The van der Waals surface area contributed by atoms with Gasteiger partial charge >= 0.3 is 5.97 Å². The highest BCUT2D eigenvalue weighted by molar-refractivity contribution is 7.45. The van der Waals surface area contributed by atoms with E-state index in [9.17, 15) is 14.3 Å². The quantitative estimate of drug-likeness (QED) is 0.0401. The predicted octanol–water partition coefficient (Wildman–Crippen LogP) is 7.18. The predicted molar refractivity (Wildman–Crippen MR) is 158 cm³/mol. The van der Waals surface area contributed by atoms with E-state index in [1.807, 2.05) is 0 Å². The molecule has 0 saturated heterocycles.